The maximum absolute atomic E-state index is 11.6. The van der Waals surface area contributed by atoms with E-state index in [1.54, 1.807) is 0 Å². The summed E-state index contributed by atoms with van der Waals surface area (Å²) in [6.07, 6.45) is 1.16. The van der Waals surface area contributed by atoms with Crippen molar-refractivity contribution in [3.63, 3.8) is 0 Å². The molecule has 3 amide bonds. The van der Waals surface area contributed by atoms with Gasteiger partial charge in [0.25, 0.3) is 0 Å². The highest BCUT2D eigenvalue weighted by atomic mass is 16.2. The van der Waals surface area contributed by atoms with Gasteiger partial charge in [0.15, 0.2) is 0 Å². The molecule has 0 bridgehead atoms. The second-order valence-electron chi connectivity index (χ2n) is 3.41. The highest BCUT2D eigenvalue weighted by molar-refractivity contribution is 5.85. The summed E-state index contributed by atoms with van der Waals surface area (Å²) in [4.78, 5) is 21.9. The first-order valence-corrected chi connectivity index (χ1v) is 5.06. The van der Waals surface area contributed by atoms with Gasteiger partial charge in [0.05, 0.1) is 5.54 Å². The van der Waals surface area contributed by atoms with Gasteiger partial charge in [-0.1, -0.05) is 13.8 Å². The summed E-state index contributed by atoms with van der Waals surface area (Å²) in [6.45, 7) is 4.38. The third-order valence-corrected chi connectivity index (χ3v) is 2.42. The number of rotatable bonds is 6. The fraction of sp³-hybridized carbons (Fsp3) is 0.778. The van der Waals surface area contributed by atoms with E-state index in [1.165, 1.54) is 0 Å². The molecule has 6 nitrogen and oxygen atoms in total. The monoisotopic (exact) mass is 216 g/mol. The zero-order chi connectivity index (χ0) is 11.9. The molecule has 0 saturated heterocycles. The number of carbonyl (C=O) groups is 2. The van der Waals surface area contributed by atoms with Crippen molar-refractivity contribution in [3.8, 4) is 0 Å². The van der Waals surface area contributed by atoms with E-state index in [0.717, 1.165) is 0 Å². The molecule has 15 heavy (non-hydrogen) atoms. The predicted molar refractivity (Wildman–Crippen MR) is 58.1 cm³/mol. The van der Waals surface area contributed by atoms with Gasteiger partial charge in [-0.15, -0.1) is 0 Å². The average Bonchev–Trinajstić information content (AvgIpc) is 2.22. The number of hydrogen-bond donors (Lipinski definition) is 4. The molecule has 0 aliphatic heterocycles. The summed E-state index contributed by atoms with van der Waals surface area (Å²) >= 11 is 0. The van der Waals surface area contributed by atoms with Crippen LogP contribution in [0.1, 0.15) is 26.7 Å². The first-order chi connectivity index (χ1) is 6.96. The predicted octanol–water partition coefficient (Wildman–Crippen LogP) is -0.712. The molecule has 0 fully saturated rings. The minimum Gasteiger partial charge on any atom is -0.353 e. The minimum absolute atomic E-state index is 0.196. The van der Waals surface area contributed by atoms with Crippen LogP contribution in [0.15, 0.2) is 0 Å². The standard InChI is InChI=1S/C9H20N4O2/c1-3-9(11,4-2)7(14)12-5-6-13-8(10)15/h3-6,11H2,1-2H3,(H,12,14)(H3,10,13,15). The van der Waals surface area contributed by atoms with Crippen molar-refractivity contribution in [2.24, 2.45) is 11.5 Å². The molecule has 0 atom stereocenters. The van der Waals surface area contributed by atoms with Gasteiger partial charge < -0.3 is 22.1 Å². The maximum Gasteiger partial charge on any atom is 0.312 e. The Hall–Kier alpha value is -1.30. The van der Waals surface area contributed by atoms with Crippen molar-refractivity contribution in [3.05, 3.63) is 0 Å². The number of urea groups is 1. The topological polar surface area (TPSA) is 110 Å². The summed E-state index contributed by atoms with van der Waals surface area (Å²) < 4.78 is 0. The quantitative estimate of drug-likeness (QED) is 0.440. The fourth-order valence-corrected chi connectivity index (χ4v) is 1.11. The summed E-state index contributed by atoms with van der Waals surface area (Å²) in [5, 5.41) is 5.02. The number of carbonyl (C=O) groups excluding carboxylic acids is 2. The van der Waals surface area contributed by atoms with Crippen LogP contribution in [-0.4, -0.2) is 30.6 Å². The van der Waals surface area contributed by atoms with E-state index in [-0.39, 0.29) is 5.91 Å². The molecule has 0 aliphatic rings. The summed E-state index contributed by atoms with van der Waals surface area (Å²) in [6, 6.07) is -0.603. The molecule has 0 rings (SSSR count). The van der Waals surface area contributed by atoms with Crippen molar-refractivity contribution in [2.75, 3.05) is 13.1 Å². The van der Waals surface area contributed by atoms with Crippen LogP contribution in [0.4, 0.5) is 4.79 Å². The molecular weight excluding hydrogens is 196 g/mol. The van der Waals surface area contributed by atoms with Gasteiger partial charge in [-0.05, 0) is 12.8 Å². The molecule has 6 N–H and O–H groups in total. The minimum atomic E-state index is -0.813. The van der Waals surface area contributed by atoms with Crippen molar-refractivity contribution >= 4 is 11.9 Å². The number of hydrogen-bond acceptors (Lipinski definition) is 3. The van der Waals surface area contributed by atoms with Crippen molar-refractivity contribution in [2.45, 2.75) is 32.2 Å². The molecule has 0 radical (unpaired) electrons. The van der Waals surface area contributed by atoms with E-state index in [9.17, 15) is 9.59 Å². The Balaban J connectivity index is 3.87. The average molecular weight is 216 g/mol. The number of nitrogens with one attached hydrogen (secondary N) is 2. The summed E-state index contributed by atoms with van der Waals surface area (Å²) in [5.41, 5.74) is 9.91. The van der Waals surface area contributed by atoms with E-state index >= 15 is 0 Å². The molecule has 0 aromatic carbocycles. The van der Waals surface area contributed by atoms with Gasteiger partial charge in [-0.25, -0.2) is 4.79 Å². The zero-order valence-corrected chi connectivity index (χ0v) is 9.30. The van der Waals surface area contributed by atoms with Gasteiger partial charge in [-0.3, -0.25) is 4.79 Å². The Labute approximate surface area is 89.8 Å². The molecule has 0 aromatic heterocycles. The van der Waals surface area contributed by atoms with E-state index in [4.69, 9.17) is 11.5 Å². The number of amides is 3. The van der Waals surface area contributed by atoms with Gasteiger partial charge in [0.1, 0.15) is 0 Å². The molecular formula is C9H20N4O2. The Morgan fingerprint density at radius 3 is 2.00 bits per heavy atom. The Bertz CT molecular complexity index is 226. The van der Waals surface area contributed by atoms with E-state index < -0.39 is 11.6 Å². The largest absolute Gasteiger partial charge is 0.353 e. The number of primary amides is 1. The van der Waals surface area contributed by atoms with Crippen LogP contribution in [-0.2, 0) is 4.79 Å². The molecule has 0 heterocycles. The van der Waals surface area contributed by atoms with Gasteiger partial charge in [-0.2, -0.15) is 0 Å². The van der Waals surface area contributed by atoms with Crippen LogP contribution in [0.5, 0.6) is 0 Å². The van der Waals surface area contributed by atoms with Gasteiger partial charge in [0, 0.05) is 13.1 Å². The summed E-state index contributed by atoms with van der Waals surface area (Å²) in [5.74, 6) is -0.196. The SMILES string of the molecule is CCC(N)(CC)C(=O)NCCNC(N)=O. The highest BCUT2D eigenvalue weighted by Gasteiger charge is 2.29. The molecule has 0 aliphatic carbocycles. The Morgan fingerprint density at radius 2 is 1.60 bits per heavy atom. The van der Waals surface area contributed by atoms with Crippen LogP contribution >= 0.6 is 0 Å². The first kappa shape index (κ1) is 13.7. The van der Waals surface area contributed by atoms with Crippen LogP contribution in [0.2, 0.25) is 0 Å². The Kier molecular flexibility index (Phi) is 5.69. The molecule has 0 spiro atoms. The third kappa shape index (κ3) is 4.64. The van der Waals surface area contributed by atoms with Crippen LogP contribution in [0.25, 0.3) is 0 Å². The van der Waals surface area contributed by atoms with Gasteiger partial charge in [0.2, 0.25) is 5.91 Å². The van der Waals surface area contributed by atoms with E-state index in [1.807, 2.05) is 13.8 Å². The highest BCUT2D eigenvalue weighted by Crippen LogP contribution is 2.10. The smallest absolute Gasteiger partial charge is 0.312 e. The molecule has 0 saturated carbocycles. The second-order valence-corrected chi connectivity index (χ2v) is 3.41. The zero-order valence-electron chi connectivity index (χ0n) is 9.30. The normalized spacial score (nSPS) is 10.9. The fourth-order valence-electron chi connectivity index (χ4n) is 1.11. The van der Waals surface area contributed by atoms with Gasteiger partial charge >= 0.3 is 6.03 Å². The van der Waals surface area contributed by atoms with E-state index in [2.05, 4.69) is 10.6 Å². The lowest BCUT2D eigenvalue weighted by Crippen LogP contribution is -2.54. The second kappa shape index (κ2) is 6.23. The summed E-state index contributed by atoms with van der Waals surface area (Å²) in [7, 11) is 0. The molecule has 88 valence electrons. The van der Waals surface area contributed by atoms with Crippen LogP contribution < -0.4 is 22.1 Å². The lowest BCUT2D eigenvalue weighted by molar-refractivity contribution is -0.126. The van der Waals surface area contributed by atoms with E-state index in [0.29, 0.717) is 25.9 Å². The number of nitrogens with two attached hydrogens (primary N) is 2. The maximum atomic E-state index is 11.6. The lowest BCUT2D eigenvalue weighted by Gasteiger charge is -2.25. The molecule has 0 unspecified atom stereocenters. The Morgan fingerprint density at radius 1 is 1.13 bits per heavy atom. The lowest BCUT2D eigenvalue weighted by atomic mass is 9.93. The first-order valence-electron chi connectivity index (χ1n) is 5.06. The van der Waals surface area contributed by atoms with Crippen molar-refractivity contribution < 1.29 is 9.59 Å². The van der Waals surface area contributed by atoms with Crippen LogP contribution in [0.3, 0.4) is 0 Å². The van der Waals surface area contributed by atoms with Crippen molar-refractivity contribution in [1.82, 2.24) is 10.6 Å². The molecule has 0 aromatic rings. The molecule has 6 heteroatoms. The van der Waals surface area contributed by atoms with Crippen LogP contribution in [0, 0.1) is 0 Å². The third-order valence-electron chi connectivity index (χ3n) is 2.42. The van der Waals surface area contributed by atoms with Crippen molar-refractivity contribution in [1.29, 1.82) is 0 Å².